The zero-order chi connectivity index (χ0) is 30.5. The summed E-state index contributed by atoms with van der Waals surface area (Å²) in [5, 5.41) is 3.55. The molecule has 44 heavy (non-hydrogen) atoms. The van der Waals surface area contributed by atoms with Crippen molar-refractivity contribution in [3.63, 3.8) is 0 Å². The van der Waals surface area contributed by atoms with Crippen LogP contribution in [0.2, 0.25) is 0 Å². The van der Waals surface area contributed by atoms with Gasteiger partial charge >= 0.3 is 5.97 Å². The molecule has 7 nitrogen and oxygen atoms in total. The number of carbonyl (C=O) groups is 1. The maximum Gasteiger partial charge on any atom is 0.305 e. The van der Waals surface area contributed by atoms with Crippen LogP contribution in [-0.2, 0) is 14.9 Å². The van der Waals surface area contributed by atoms with Gasteiger partial charge in [0, 0.05) is 67.9 Å². The maximum atomic E-state index is 15.0. The van der Waals surface area contributed by atoms with Gasteiger partial charge < -0.3 is 19.9 Å². The highest BCUT2D eigenvalue weighted by atomic mass is 19.1. The minimum Gasteiger partial charge on any atom is -0.462 e. The molecular weight excluding hydrogens is 553 g/mol. The first-order valence-corrected chi connectivity index (χ1v) is 16.4. The van der Waals surface area contributed by atoms with E-state index in [9.17, 15) is 9.18 Å². The number of halogens is 1. The average molecular weight is 600 g/mol. The Balaban J connectivity index is 1.22. The summed E-state index contributed by atoms with van der Waals surface area (Å²) in [6.45, 7) is 9.87. The van der Waals surface area contributed by atoms with E-state index < -0.39 is 5.41 Å². The standard InChI is InChI=1S/C36H46FN5O2/c1-3-34(43)44-33-10-5-9-32(33)36(29-7-4-8-30(37)21-29,25-40-35-38-17-6-18-39-35)28-15-19-41(20-16-28)22-27-23-42(24-27)31-13-11-26(2)12-14-31/h4,6-8,11-14,17-18,21,27-28,32-33H,3,5,9-10,15-16,19-20,22-25H2,1-2H3,(H,38,39,40)/t32-,33-,36+/m0/s1. The Kier molecular flexibility index (Phi) is 9.45. The third-order valence-corrected chi connectivity index (χ3v) is 10.3. The summed E-state index contributed by atoms with van der Waals surface area (Å²) in [5.41, 5.74) is 3.15. The Hall–Kier alpha value is -3.52. The maximum absolute atomic E-state index is 15.0. The molecule has 1 aromatic heterocycles. The highest BCUT2D eigenvalue weighted by molar-refractivity contribution is 5.69. The van der Waals surface area contributed by atoms with Gasteiger partial charge in [0.05, 0.1) is 0 Å². The zero-order valence-electron chi connectivity index (χ0n) is 26.1. The fourth-order valence-corrected chi connectivity index (χ4v) is 8.08. The molecule has 0 radical (unpaired) electrons. The average Bonchev–Trinajstić information content (AvgIpc) is 3.49. The number of piperidine rings is 1. The van der Waals surface area contributed by atoms with Crippen molar-refractivity contribution in [3.05, 3.63) is 83.9 Å². The fourth-order valence-electron chi connectivity index (χ4n) is 8.08. The lowest BCUT2D eigenvalue weighted by Crippen LogP contribution is -2.56. The number of aromatic nitrogens is 2. The molecule has 3 aromatic rings. The van der Waals surface area contributed by atoms with E-state index in [1.807, 2.05) is 13.0 Å². The largest absolute Gasteiger partial charge is 0.462 e. The van der Waals surface area contributed by atoms with Crippen LogP contribution in [0.1, 0.15) is 56.6 Å². The van der Waals surface area contributed by atoms with Gasteiger partial charge in [-0.3, -0.25) is 4.79 Å². The number of esters is 1. The minimum atomic E-state index is -0.443. The van der Waals surface area contributed by atoms with Gasteiger partial charge in [0.1, 0.15) is 11.9 Å². The number of nitrogens with zero attached hydrogens (tertiary/aromatic N) is 4. The number of anilines is 2. The Morgan fingerprint density at radius 1 is 1.02 bits per heavy atom. The fraction of sp³-hybridized carbons (Fsp3) is 0.528. The van der Waals surface area contributed by atoms with Crippen molar-refractivity contribution in [2.24, 2.45) is 17.8 Å². The van der Waals surface area contributed by atoms with Crippen LogP contribution < -0.4 is 10.2 Å². The summed E-state index contributed by atoms with van der Waals surface area (Å²) in [4.78, 5) is 26.6. The molecule has 1 N–H and O–H groups in total. The summed E-state index contributed by atoms with van der Waals surface area (Å²) >= 11 is 0. The van der Waals surface area contributed by atoms with Crippen LogP contribution in [0.15, 0.2) is 67.0 Å². The lowest BCUT2D eigenvalue weighted by atomic mass is 9.58. The zero-order valence-corrected chi connectivity index (χ0v) is 26.1. The highest BCUT2D eigenvalue weighted by Crippen LogP contribution is 2.51. The molecular formula is C36H46FN5O2. The Labute approximate surface area is 261 Å². The van der Waals surface area contributed by atoms with Crippen LogP contribution in [0, 0.1) is 30.5 Å². The van der Waals surface area contributed by atoms with Gasteiger partial charge in [-0.25, -0.2) is 14.4 Å². The van der Waals surface area contributed by atoms with Gasteiger partial charge in [0.15, 0.2) is 0 Å². The van der Waals surface area contributed by atoms with E-state index in [4.69, 9.17) is 4.74 Å². The van der Waals surface area contributed by atoms with Crippen LogP contribution in [-0.4, -0.2) is 66.2 Å². The van der Waals surface area contributed by atoms with Crippen molar-refractivity contribution in [1.82, 2.24) is 14.9 Å². The first-order chi connectivity index (χ1) is 21.4. The molecule has 3 atom stereocenters. The number of rotatable bonds is 11. The molecule has 3 heterocycles. The molecule has 0 bridgehead atoms. The predicted molar refractivity (Wildman–Crippen MR) is 172 cm³/mol. The Morgan fingerprint density at radius 2 is 1.77 bits per heavy atom. The predicted octanol–water partition coefficient (Wildman–Crippen LogP) is 6.24. The molecule has 1 saturated carbocycles. The Morgan fingerprint density at radius 3 is 2.48 bits per heavy atom. The third-order valence-electron chi connectivity index (χ3n) is 10.3. The van der Waals surface area contributed by atoms with Crippen molar-refractivity contribution in [2.75, 3.05) is 49.5 Å². The van der Waals surface area contributed by atoms with Crippen molar-refractivity contribution >= 4 is 17.6 Å². The van der Waals surface area contributed by atoms with Gasteiger partial charge in [0.2, 0.25) is 5.95 Å². The van der Waals surface area contributed by atoms with E-state index in [2.05, 4.69) is 62.3 Å². The molecule has 2 aliphatic heterocycles. The molecule has 6 rings (SSSR count). The summed E-state index contributed by atoms with van der Waals surface area (Å²) in [5.74, 6) is 1.20. The van der Waals surface area contributed by atoms with E-state index in [1.165, 1.54) is 17.3 Å². The van der Waals surface area contributed by atoms with Crippen LogP contribution in [0.5, 0.6) is 0 Å². The van der Waals surface area contributed by atoms with E-state index in [1.54, 1.807) is 24.5 Å². The van der Waals surface area contributed by atoms with Crippen molar-refractivity contribution in [2.45, 2.75) is 63.9 Å². The van der Waals surface area contributed by atoms with Crippen molar-refractivity contribution < 1.29 is 13.9 Å². The van der Waals surface area contributed by atoms with Gasteiger partial charge in [-0.15, -0.1) is 0 Å². The van der Waals surface area contributed by atoms with Crippen molar-refractivity contribution in [3.8, 4) is 0 Å². The number of hydrogen-bond donors (Lipinski definition) is 1. The van der Waals surface area contributed by atoms with E-state index in [0.29, 0.717) is 24.8 Å². The van der Waals surface area contributed by atoms with E-state index >= 15 is 0 Å². The molecule has 3 aliphatic rings. The summed E-state index contributed by atoms with van der Waals surface area (Å²) in [7, 11) is 0. The lowest BCUT2D eigenvalue weighted by molar-refractivity contribution is -0.152. The lowest BCUT2D eigenvalue weighted by Gasteiger charge is -2.51. The molecule has 0 amide bonds. The number of hydrogen-bond acceptors (Lipinski definition) is 7. The summed E-state index contributed by atoms with van der Waals surface area (Å²) < 4.78 is 21.1. The number of aryl methyl sites for hydroxylation is 1. The van der Waals surface area contributed by atoms with E-state index in [0.717, 1.165) is 70.4 Å². The second-order valence-electron chi connectivity index (χ2n) is 13.1. The summed E-state index contributed by atoms with van der Waals surface area (Å²) in [6.07, 6.45) is 8.42. The molecule has 1 aliphatic carbocycles. The number of nitrogens with one attached hydrogen (secondary N) is 1. The highest BCUT2D eigenvalue weighted by Gasteiger charge is 2.53. The first-order valence-electron chi connectivity index (χ1n) is 16.4. The van der Waals surface area contributed by atoms with Crippen LogP contribution in [0.3, 0.4) is 0 Å². The topological polar surface area (TPSA) is 70.6 Å². The number of likely N-dealkylation sites (tertiary alicyclic amines) is 1. The van der Waals surface area contributed by atoms with Crippen LogP contribution in [0.25, 0.3) is 0 Å². The smallest absolute Gasteiger partial charge is 0.305 e. The normalized spacial score (nSPS) is 22.8. The second kappa shape index (κ2) is 13.6. The molecule has 234 valence electrons. The molecule has 2 saturated heterocycles. The first kappa shape index (κ1) is 30.5. The van der Waals surface area contributed by atoms with Crippen LogP contribution in [0.4, 0.5) is 16.0 Å². The van der Waals surface area contributed by atoms with Crippen molar-refractivity contribution in [1.29, 1.82) is 0 Å². The van der Waals surface area contributed by atoms with Gasteiger partial charge in [-0.05, 0) is 93.9 Å². The van der Waals surface area contributed by atoms with Crippen LogP contribution >= 0.6 is 0 Å². The van der Waals surface area contributed by atoms with Gasteiger partial charge in [-0.2, -0.15) is 0 Å². The summed E-state index contributed by atoms with van der Waals surface area (Å²) in [6, 6.07) is 17.8. The minimum absolute atomic E-state index is 0.0715. The molecule has 0 spiro atoms. The molecule has 3 fully saturated rings. The monoisotopic (exact) mass is 599 g/mol. The number of benzene rings is 2. The molecule has 8 heteroatoms. The van der Waals surface area contributed by atoms with Gasteiger partial charge in [-0.1, -0.05) is 36.8 Å². The number of carbonyl (C=O) groups excluding carboxylic acids is 1. The Bertz CT molecular complexity index is 1370. The molecule has 0 unspecified atom stereocenters. The SMILES string of the molecule is CCC(=O)O[C@H]1CCC[C@@H]1[C@@](CNc1ncccn1)(c1cccc(F)c1)C1CCN(CC2CN(c3ccc(C)cc3)C2)CC1. The second-order valence-corrected chi connectivity index (χ2v) is 13.1. The quantitative estimate of drug-likeness (QED) is 0.262. The molecule has 2 aromatic carbocycles. The number of ether oxygens (including phenoxy) is 1. The third kappa shape index (κ3) is 6.60. The van der Waals surface area contributed by atoms with E-state index in [-0.39, 0.29) is 29.7 Å². The van der Waals surface area contributed by atoms with Gasteiger partial charge in [0.25, 0.3) is 0 Å².